The van der Waals surface area contributed by atoms with Crippen molar-refractivity contribution < 1.29 is 4.79 Å². The van der Waals surface area contributed by atoms with E-state index >= 15 is 0 Å². The second-order valence-corrected chi connectivity index (χ2v) is 5.90. The van der Waals surface area contributed by atoms with E-state index in [9.17, 15) is 4.79 Å². The first-order valence-electron chi connectivity index (χ1n) is 7.11. The van der Waals surface area contributed by atoms with Crippen LogP contribution in [0.25, 0.3) is 0 Å². The van der Waals surface area contributed by atoms with Gasteiger partial charge in [0.05, 0.1) is 11.4 Å². The van der Waals surface area contributed by atoms with Crippen molar-refractivity contribution in [1.29, 1.82) is 0 Å². The lowest BCUT2D eigenvalue weighted by atomic mass is 10.1. The normalized spacial score (nSPS) is 13.6. The van der Waals surface area contributed by atoms with Crippen molar-refractivity contribution in [2.75, 3.05) is 30.9 Å². The maximum absolute atomic E-state index is 12.6. The van der Waals surface area contributed by atoms with Gasteiger partial charge in [0.25, 0.3) is 5.91 Å². The molecule has 0 bridgehead atoms. The molecule has 0 saturated heterocycles. The Hall–Kier alpha value is -2.05. The number of rotatable bonds is 3. The van der Waals surface area contributed by atoms with E-state index in [-0.39, 0.29) is 5.91 Å². The van der Waals surface area contributed by atoms with Crippen molar-refractivity contribution in [1.82, 2.24) is 15.5 Å². The first-order valence-corrected chi connectivity index (χ1v) is 7.49. The number of benzene rings is 1. The number of H-pyrrole nitrogens is 1. The number of nitrogens with zero attached hydrogens (tertiary/aromatic N) is 2. The average Bonchev–Trinajstić information content (AvgIpc) is 2.91. The highest BCUT2D eigenvalue weighted by atomic mass is 35.5. The van der Waals surface area contributed by atoms with Gasteiger partial charge >= 0.3 is 0 Å². The SMILES string of the molecule is CN(C)c1ccc(Cl)cc1NC(=O)c1n[nH]c2c1CNCC2. The van der Waals surface area contributed by atoms with Gasteiger partial charge in [-0.25, -0.2) is 0 Å². The zero-order valence-corrected chi connectivity index (χ0v) is 13.3. The lowest BCUT2D eigenvalue weighted by Gasteiger charge is -2.18. The molecule has 2 aromatic rings. The summed E-state index contributed by atoms with van der Waals surface area (Å²) in [5.74, 6) is -0.230. The van der Waals surface area contributed by atoms with Gasteiger partial charge in [0.2, 0.25) is 0 Å². The minimum absolute atomic E-state index is 0.230. The number of amides is 1. The van der Waals surface area contributed by atoms with Crippen molar-refractivity contribution in [3.8, 4) is 0 Å². The summed E-state index contributed by atoms with van der Waals surface area (Å²) in [6, 6.07) is 5.42. The van der Waals surface area contributed by atoms with E-state index in [4.69, 9.17) is 11.6 Å². The van der Waals surface area contributed by atoms with Crippen molar-refractivity contribution >= 4 is 28.9 Å². The fourth-order valence-corrected chi connectivity index (χ4v) is 2.77. The number of carbonyl (C=O) groups excluding carboxylic acids is 1. The molecule has 7 heteroatoms. The van der Waals surface area contributed by atoms with Crippen LogP contribution in [0.4, 0.5) is 11.4 Å². The van der Waals surface area contributed by atoms with Gasteiger partial charge in [0.15, 0.2) is 5.69 Å². The van der Waals surface area contributed by atoms with Crippen molar-refractivity contribution in [2.45, 2.75) is 13.0 Å². The Labute approximate surface area is 133 Å². The molecule has 0 spiro atoms. The zero-order chi connectivity index (χ0) is 15.7. The molecule has 1 amide bonds. The van der Waals surface area contributed by atoms with Crippen LogP contribution in [0, 0.1) is 0 Å². The van der Waals surface area contributed by atoms with Gasteiger partial charge in [0, 0.05) is 49.9 Å². The Bertz CT molecular complexity index is 710. The highest BCUT2D eigenvalue weighted by molar-refractivity contribution is 6.31. The van der Waals surface area contributed by atoms with E-state index in [1.165, 1.54) is 0 Å². The minimum atomic E-state index is -0.230. The second kappa shape index (κ2) is 5.98. The van der Waals surface area contributed by atoms with Crippen LogP contribution in [0.5, 0.6) is 0 Å². The summed E-state index contributed by atoms with van der Waals surface area (Å²) in [4.78, 5) is 14.5. The molecule has 3 N–H and O–H groups in total. The van der Waals surface area contributed by atoms with E-state index in [1.807, 2.05) is 25.1 Å². The number of nitrogens with one attached hydrogen (secondary N) is 3. The van der Waals surface area contributed by atoms with Crippen molar-refractivity contribution in [3.63, 3.8) is 0 Å². The van der Waals surface area contributed by atoms with Crippen LogP contribution in [-0.4, -0.2) is 36.7 Å². The number of halogens is 1. The van der Waals surface area contributed by atoms with E-state index < -0.39 is 0 Å². The summed E-state index contributed by atoms with van der Waals surface area (Å²) in [7, 11) is 3.83. The number of hydrogen-bond donors (Lipinski definition) is 3. The zero-order valence-electron chi connectivity index (χ0n) is 12.5. The molecule has 22 heavy (non-hydrogen) atoms. The monoisotopic (exact) mass is 319 g/mol. The van der Waals surface area contributed by atoms with E-state index in [1.54, 1.807) is 12.1 Å². The first kappa shape index (κ1) is 14.9. The molecule has 2 heterocycles. The smallest absolute Gasteiger partial charge is 0.276 e. The Morgan fingerprint density at radius 3 is 3.00 bits per heavy atom. The summed E-state index contributed by atoms with van der Waals surface area (Å²) >= 11 is 6.04. The molecule has 0 aliphatic carbocycles. The molecule has 0 radical (unpaired) electrons. The van der Waals surface area contributed by atoms with E-state index in [2.05, 4.69) is 20.8 Å². The predicted octanol–water partition coefficient (Wildman–Crippen LogP) is 2.03. The molecule has 6 nitrogen and oxygen atoms in total. The Morgan fingerprint density at radius 2 is 2.23 bits per heavy atom. The number of carbonyl (C=O) groups is 1. The summed E-state index contributed by atoms with van der Waals surface area (Å²) in [6.45, 7) is 1.56. The van der Waals surface area contributed by atoms with Gasteiger partial charge in [-0.2, -0.15) is 5.10 Å². The number of anilines is 2. The van der Waals surface area contributed by atoms with Crippen molar-refractivity contribution in [2.24, 2.45) is 0 Å². The quantitative estimate of drug-likeness (QED) is 0.809. The maximum atomic E-state index is 12.6. The lowest BCUT2D eigenvalue weighted by Crippen LogP contribution is -2.25. The fraction of sp³-hybridized carbons (Fsp3) is 0.333. The molecule has 0 unspecified atom stereocenters. The number of aromatic amines is 1. The third kappa shape index (κ3) is 2.80. The summed E-state index contributed by atoms with van der Waals surface area (Å²) in [6.07, 6.45) is 0.857. The Kier molecular flexibility index (Phi) is 4.04. The molecule has 1 aliphatic rings. The van der Waals surface area contributed by atoms with Gasteiger partial charge in [0.1, 0.15) is 0 Å². The standard InChI is InChI=1S/C15H18ClN5O/c1-21(2)13-4-3-9(16)7-12(13)18-15(22)14-10-8-17-6-5-11(10)19-20-14/h3-4,7,17H,5-6,8H2,1-2H3,(H,18,22)(H,19,20). The molecular formula is C15H18ClN5O. The van der Waals surface area contributed by atoms with Crippen LogP contribution in [0.15, 0.2) is 18.2 Å². The molecule has 3 rings (SSSR count). The van der Waals surface area contributed by atoms with E-state index in [0.29, 0.717) is 22.9 Å². The van der Waals surface area contributed by atoms with Crippen LogP contribution < -0.4 is 15.5 Å². The lowest BCUT2D eigenvalue weighted by molar-refractivity contribution is 0.102. The first-order chi connectivity index (χ1) is 10.6. The van der Waals surface area contributed by atoms with Crippen molar-refractivity contribution in [3.05, 3.63) is 40.2 Å². The number of fused-ring (bicyclic) bond motifs is 1. The minimum Gasteiger partial charge on any atom is -0.376 e. The average molecular weight is 320 g/mol. The largest absolute Gasteiger partial charge is 0.376 e. The van der Waals surface area contributed by atoms with Gasteiger partial charge in [-0.05, 0) is 18.2 Å². The molecule has 0 saturated carbocycles. The molecule has 1 aromatic carbocycles. The van der Waals surface area contributed by atoms with Crippen LogP contribution in [0.1, 0.15) is 21.7 Å². The Morgan fingerprint density at radius 1 is 1.41 bits per heavy atom. The third-order valence-electron chi connectivity index (χ3n) is 3.71. The fourth-order valence-electron chi connectivity index (χ4n) is 2.59. The predicted molar refractivity (Wildman–Crippen MR) is 87.7 cm³/mol. The van der Waals surface area contributed by atoms with Gasteiger partial charge in [-0.15, -0.1) is 0 Å². The van der Waals surface area contributed by atoms with Gasteiger partial charge in [-0.3, -0.25) is 9.89 Å². The summed E-state index contributed by atoms with van der Waals surface area (Å²) in [5.41, 5.74) is 3.97. The molecule has 0 atom stereocenters. The van der Waals surface area contributed by atoms with Crippen LogP contribution in [0.2, 0.25) is 5.02 Å². The molecule has 1 aromatic heterocycles. The summed E-state index contributed by atoms with van der Waals surface area (Å²) in [5, 5.41) is 13.9. The molecule has 0 fully saturated rings. The number of hydrogen-bond acceptors (Lipinski definition) is 4. The highest BCUT2D eigenvalue weighted by Gasteiger charge is 2.22. The van der Waals surface area contributed by atoms with Gasteiger partial charge < -0.3 is 15.5 Å². The second-order valence-electron chi connectivity index (χ2n) is 5.47. The van der Waals surface area contributed by atoms with Crippen LogP contribution in [-0.2, 0) is 13.0 Å². The van der Waals surface area contributed by atoms with E-state index in [0.717, 1.165) is 29.9 Å². The third-order valence-corrected chi connectivity index (χ3v) is 3.95. The van der Waals surface area contributed by atoms with Crippen LogP contribution in [0.3, 0.4) is 0 Å². The van der Waals surface area contributed by atoms with Gasteiger partial charge in [-0.1, -0.05) is 11.6 Å². The summed E-state index contributed by atoms with van der Waals surface area (Å²) < 4.78 is 0. The van der Waals surface area contributed by atoms with Crippen LogP contribution >= 0.6 is 11.6 Å². The molecule has 116 valence electrons. The highest BCUT2D eigenvalue weighted by Crippen LogP contribution is 2.28. The number of aromatic nitrogens is 2. The maximum Gasteiger partial charge on any atom is 0.276 e. The molecule has 1 aliphatic heterocycles. The molecular weight excluding hydrogens is 302 g/mol. The Balaban J connectivity index is 1.89. The topological polar surface area (TPSA) is 73.0 Å².